The van der Waals surface area contributed by atoms with E-state index in [-0.39, 0.29) is 11.3 Å². The van der Waals surface area contributed by atoms with Crippen LogP contribution in [-0.2, 0) is 36.2 Å². The van der Waals surface area contributed by atoms with Gasteiger partial charge in [-0.3, -0.25) is 4.79 Å². The van der Waals surface area contributed by atoms with Crippen molar-refractivity contribution < 1.29 is 14.3 Å². The van der Waals surface area contributed by atoms with E-state index in [0.29, 0.717) is 26.2 Å². The zero-order chi connectivity index (χ0) is 24.3. The van der Waals surface area contributed by atoms with Crippen LogP contribution in [0.15, 0.2) is 66.7 Å². The minimum absolute atomic E-state index is 0.00438. The summed E-state index contributed by atoms with van der Waals surface area (Å²) in [5, 5.41) is 0. The van der Waals surface area contributed by atoms with E-state index < -0.39 is 0 Å². The number of aryl methyl sites for hydroxylation is 1. The number of likely N-dealkylation sites (tertiary alicyclic amines) is 1. The second-order valence-corrected chi connectivity index (χ2v) is 9.73. The molecule has 5 heteroatoms. The van der Waals surface area contributed by atoms with Gasteiger partial charge in [0.05, 0.1) is 13.0 Å². The smallest absolute Gasteiger partial charge is 0.226 e. The summed E-state index contributed by atoms with van der Waals surface area (Å²) in [5.74, 6) is 2.06. The zero-order valence-corrected chi connectivity index (χ0v) is 20.5. The normalized spacial score (nSPS) is 16.1. The number of nitrogens with two attached hydrogens (primary N) is 1. The van der Waals surface area contributed by atoms with E-state index >= 15 is 0 Å². The molecule has 1 amide bonds. The highest BCUT2D eigenvalue weighted by atomic mass is 16.5. The van der Waals surface area contributed by atoms with E-state index in [2.05, 4.69) is 31.2 Å². The number of piperidine rings is 1. The van der Waals surface area contributed by atoms with Crippen molar-refractivity contribution in [3.05, 3.63) is 94.5 Å². The van der Waals surface area contributed by atoms with Crippen LogP contribution in [0.2, 0.25) is 0 Å². The number of nitrogens with zero attached hydrogens (tertiary/aromatic N) is 1. The average Bonchev–Trinajstić information content (AvgIpc) is 3.25. The number of rotatable bonds is 7. The molecule has 2 aliphatic heterocycles. The molecule has 0 aliphatic carbocycles. The summed E-state index contributed by atoms with van der Waals surface area (Å²) in [7, 11) is 0. The lowest BCUT2D eigenvalue weighted by Gasteiger charge is -2.38. The molecule has 0 bridgehead atoms. The number of fused-ring (bicyclic) bond motifs is 2. The van der Waals surface area contributed by atoms with E-state index in [0.717, 1.165) is 66.1 Å². The Morgan fingerprint density at radius 3 is 2.51 bits per heavy atom. The Bertz CT molecular complexity index is 1180. The summed E-state index contributed by atoms with van der Waals surface area (Å²) in [5.41, 5.74) is 11.6. The molecule has 182 valence electrons. The van der Waals surface area contributed by atoms with Gasteiger partial charge in [-0.15, -0.1) is 0 Å². The Morgan fingerprint density at radius 2 is 1.77 bits per heavy atom. The molecule has 2 N–H and O–H groups in total. The summed E-state index contributed by atoms with van der Waals surface area (Å²) < 4.78 is 12.1. The van der Waals surface area contributed by atoms with Gasteiger partial charge in [0, 0.05) is 30.6 Å². The fourth-order valence-electron chi connectivity index (χ4n) is 5.32. The maximum atomic E-state index is 13.2. The van der Waals surface area contributed by atoms with Crippen molar-refractivity contribution in [1.29, 1.82) is 0 Å². The number of ether oxygens (including phenoxy) is 2. The predicted molar refractivity (Wildman–Crippen MR) is 138 cm³/mol. The van der Waals surface area contributed by atoms with Crippen molar-refractivity contribution >= 4 is 5.91 Å². The van der Waals surface area contributed by atoms with Crippen molar-refractivity contribution in [3.63, 3.8) is 0 Å². The molecule has 0 radical (unpaired) electrons. The minimum atomic E-state index is 0.00438. The fourth-order valence-corrected chi connectivity index (χ4v) is 5.32. The van der Waals surface area contributed by atoms with Crippen LogP contribution in [0.5, 0.6) is 11.5 Å². The largest absolute Gasteiger partial charge is 0.492 e. The second kappa shape index (κ2) is 10.1. The van der Waals surface area contributed by atoms with Crippen molar-refractivity contribution in [1.82, 2.24) is 4.90 Å². The van der Waals surface area contributed by atoms with E-state index in [1.165, 1.54) is 5.56 Å². The minimum Gasteiger partial charge on any atom is -0.492 e. The van der Waals surface area contributed by atoms with E-state index in [1.54, 1.807) is 0 Å². The van der Waals surface area contributed by atoms with Crippen LogP contribution in [0.25, 0.3) is 0 Å². The maximum absolute atomic E-state index is 13.2. The van der Waals surface area contributed by atoms with Gasteiger partial charge < -0.3 is 20.1 Å². The van der Waals surface area contributed by atoms with Gasteiger partial charge in [0.25, 0.3) is 0 Å². The Morgan fingerprint density at radius 1 is 1.00 bits per heavy atom. The van der Waals surface area contributed by atoms with Crippen molar-refractivity contribution in [3.8, 4) is 11.5 Å². The van der Waals surface area contributed by atoms with Gasteiger partial charge in [-0.25, -0.2) is 0 Å². The Kier molecular flexibility index (Phi) is 6.78. The molecular formula is C30H34N2O3. The van der Waals surface area contributed by atoms with Crippen LogP contribution in [0.4, 0.5) is 0 Å². The van der Waals surface area contributed by atoms with Crippen LogP contribution in [0.3, 0.4) is 0 Å². The number of amides is 1. The summed E-state index contributed by atoms with van der Waals surface area (Å²) in [4.78, 5) is 15.2. The van der Waals surface area contributed by atoms with E-state index in [4.69, 9.17) is 15.2 Å². The summed E-state index contributed by atoms with van der Waals surface area (Å²) in [6.45, 7) is 5.41. The van der Waals surface area contributed by atoms with Crippen LogP contribution < -0.4 is 15.2 Å². The SMILES string of the molecule is CCc1cc(CC(=O)N2CCC3(CC2)COc2ccc(CN)cc23)ccc1OCc1ccccc1. The van der Waals surface area contributed by atoms with Crippen molar-refractivity contribution in [2.75, 3.05) is 19.7 Å². The molecule has 3 aromatic rings. The lowest BCUT2D eigenvalue weighted by molar-refractivity contribution is -0.132. The molecule has 1 fully saturated rings. The highest BCUT2D eigenvalue weighted by Crippen LogP contribution is 2.45. The molecule has 1 saturated heterocycles. The number of hydrogen-bond donors (Lipinski definition) is 1. The fraction of sp³-hybridized carbons (Fsp3) is 0.367. The van der Waals surface area contributed by atoms with Crippen LogP contribution in [0.1, 0.15) is 47.6 Å². The molecule has 35 heavy (non-hydrogen) atoms. The molecule has 0 unspecified atom stereocenters. The standard InChI is InChI=1S/C30H34N2O3/c1-2-25-16-23(8-10-27(25)34-20-22-6-4-3-5-7-22)18-29(33)32-14-12-30(13-15-32)21-35-28-11-9-24(19-31)17-26(28)30/h3-11,16-17H,2,12-15,18-21,31H2,1H3. The predicted octanol–water partition coefficient (Wildman–Crippen LogP) is 4.78. The Hall–Kier alpha value is -3.31. The average molecular weight is 471 g/mol. The quantitative estimate of drug-likeness (QED) is 0.540. The Labute approximate surface area is 207 Å². The first-order valence-electron chi connectivity index (χ1n) is 12.6. The summed E-state index contributed by atoms with van der Waals surface area (Å²) in [6, 6.07) is 22.6. The van der Waals surface area contributed by atoms with Gasteiger partial charge >= 0.3 is 0 Å². The summed E-state index contributed by atoms with van der Waals surface area (Å²) >= 11 is 0. The molecule has 5 rings (SSSR count). The highest BCUT2D eigenvalue weighted by Gasteiger charge is 2.43. The lowest BCUT2D eigenvalue weighted by atomic mass is 9.74. The van der Waals surface area contributed by atoms with Crippen molar-refractivity contribution in [2.24, 2.45) is 5.73 Å². The molecule has 2 aliphatic rings. The molecule has 3 aromatic carbocycles. The number of carbonyl (C=O) groups excluding carboxylic acids is 1. The first kappa shape index (κ1) is 23.4. The van der Waals surface area contributed by atoms with E-state index in [9.17, 15) is 4.79 Å². The topological polar surface area (TPSA) is 64.8 Å². The number of hydrogen-bond acceptors (Lipinski definition) is 4. The zero-order valence-electron chi connectivity index (χ0n) is 20.5. The van der Waals surface area contributed by atoms with E-state index in [1.807, 2.05) is 47.4 Å². The first-order valence-corrected chi connectivity index (χ1v) is 12.6. The molecular weight excluding hydrogens is 436 g/mol. The van der Waals surface area contributed by atoms with Gasteiger partial charge in [-0.2, -0.15) is 0 Å². The third kappa shape index (κ3) is 4.92. The van der Waals surface area contributed by atoms with Crippen molar-refractivity contribution in [2.45, 2.75) is 51.2 Å². The van der Waals surface area contributed by atoms with Crippen LogP contribution in [-0.4, -0.2) is 30.5 Å². The van der Waals surface area contributed by atoms with Gasteiger partial charge in [0.1, 0.15) is 18.1 Å². The monoisotopic (exact) mass is 470 g/mol. The maximum Gasteiger partial charge on any atom is 0.226 e. The second-order valence-electron chi connectivity index (χ2n) is 9.73. The summed E-state index contributed by atoms with van der Waals surface area (Å²) in [6.07, 6.45) is 3.13. The van der Waals surface area contributed by atoms with Gasteiger partial charge in [0.2, 0.25) is 5.91 Å². The molecule has 5 nitrogen and oxygen atoms in total. The number of carbonyl (C=O) groups is 1. The van der Waals surface area contributed by atoms with Crippen LogP contribution >= 0.6 is 0 Å². The van der Waals surface area contributed by atoms with Gasteiger partial charge in [0.15, 0.2) is 0 Å². The molecule has 1 spiro atoms. The lowest BCUT2D eigenvalue weighted by Crippen LogP contribution is -2.46. The first-order chi connectivity index (χ1) is 17.1. The molecule has 0 aromatic heterocycles. The molecule has 0 saturated carbocycles. The highest BCUT2D eigenvalue weighted by molar-refractivity contribution is 5.79. The third-order valence-corrected chi connectivity index (χ3v) is 7.53. The van der Waals surface area contributed by atoms with Gasteiger partial charge in [-0.1, -0.05) is 61.5 Å². The van der Waals surface area contributed by atoms with Crippen LogP contribution in [0, 0.1) is 0 Å². The van der Waals surface area contributed by atoms with Gasteiger partial charge in [-0.05, 0) is 53.6 Å². The molecule has 0 atom stereocenters. The Balaban J connectivity index is 1.20. The molecule has 2 heterocycles. The third-order valence-electron chi connectivity index (χ3n) is 7.53. The number of benzene rings is 3.